The number of hydrogen-bond acceptors (Lipinski definition) is 3. The Hall–Kier alpha value is -1.87. The molecule has 112 valence electrons. The van der Waals surface area contributed by atoms with E-state index >= 15 is 0 Å². The molecule has 3 heteroatoms. The minimum Gasteiger partial charge on any atom is -0.456 e. The zero-order valence-electron chi connectivity index (χ0n) is 13.3. The lowest BCUT2D eigenvalue weighted by Gasteiger charge is -2.12. The second kappa shape index (κ2) is 7.23. The molecule has 1 atom stereocenters. The number of nitrogens with one attached hydrogen (secondary N) is 1. The number of ether oxygens (including phenoxy) is 1. The molecule has 0 fully saturated rings. The van der Waals surface area contributed by atoms with Crippen LogP contribution in [0.5, 0.6) is 11.5 Å². The third kappa shape index (κ3) is 4.30. The Bertz CT molecular complexity index is 546. The van der Waals surface area contributed by atoms with Gasteiger partial charge in [-0.25, -0.2) is 0 Å². The van der Waals surface area contributed by atoms with Crippen LogP contribution >= 0.6 is 0 Å². The molecule has 1 aromatic heterocycles. The Morgan fingerprint density at radius 3 is 2.19 bits per heavy atom. The average Bonchev–Trinajstić information content (AvgIpc) is 2.49. The van der Waals surface area contributed by atoms with Crippen molar-refractivity contribution in [3.63, 3.8) is 0 Å². The van der Waals surface area contributed by atoms with Gasteiger partial charge in [0.1, 0.15) is 11.5 Å². The highest BCUT2D eigenvalue weighted by Crippen LogP contribution is 2.24. The van der Waals surface area contributed by atoms with Crippen molar-refractivity contribution in [2.24, 2.45) is 0 Å². The van der Waals surface area contributed by atoms with Gasteiger partial charge in [-0.1, -0.05) is 32.9 Å². The third-order valence-corrected chi connectivity index (χ3v) is 3.50. The van der Waals surface area contributed by atoms with Crippen molar-refractivity contribution in [3.8, 4) is 11.5 Å². The van der Waals surface area contributed by atoms with Crippen LogP contribution in [-0.4, -0.2) is 11.5 Å². The summed E-state index contributed by atoms with van der Waals surface area (Å²) in [5, 5.41) is 3.34. The molecule has 0 saturated carbocycles. The minimum atomic E-state index is 0.259. The first-order chi connectivity index (χ1) is 10.1. The first-order valence-corrected chi connectivity index (χ1v) is 7.57. The van der Waals surface area contributed by atoms with Gasteiger partial charge in [0, 0.05) is 6.04 Å². The summed E-state index contributed by atoms with van der Waals surface area (Å²) >= 11 is 0. The number of hydrogen-bond donors (Lipinski definition) is 1. The van der Waals surface area contributed by atoms with Crippen LogP contribution < -0.4 is 10.1 Å². The van der Waals surface area contributed by atoms with Crippen LogP contribution in [0.15, 0.2) is 42.6 Å². The highest BCUT2D eigenvalue weighted by atomic mass is 16.5. The molecule has 21 heavy (non-hydrogen) atoms. The van der Waals surface area contributed by atoms with Crippen LogP contribution in [0.1, 0.15) is 50.9 Å². The molecule has 0 bridgehead atoms. The van der Waals surface area contributed by atoms with Gasteiger partial charge in [-0.15, -0.1) is 0 Å². The highest BCUT2D eigenvalue weighted by Gasteiger charge is 2.06. The van der Waals surface area contributed by atoms with Gasteiger partial charge in [0.05, 0.1) is 11.9 Å². The normalized spacial score (nSPS) is 12.4. The van der Waals surface area contributed by atoms with Crippen molar-refractivity contribution in [2.75, 3.05) is 6.54 Å². The fourth-order valence-corrected chi connectivity index (χ4v) is 2.18. The average molecular weight is 284 g/mol. The molecule has 0 aliphatic rings. The van der Waals surface area contributed by atoms with E-state index in [0.717, 1.165) is 23.7 Å². The smallest absolute Gasteiger partial charge is 0.145 e. The SMILES string of the molecule is CCNC(C)c1ccc(Oc2ccc(C(C)C)cc2)cn1. The lowest BCUT2D eigenvalue weighted by molar-refractivity contribution is 0.478. The molecule has 2 rings (SSSR count). The summed E-state index contributed by atoms with van der Waals surface area (Å²) in [5.74, 6) is 2.14. The summed E-state index contributed by atoms with van der Waals surface area (Å²) in [6.45, 7) is 9.50. The molecule has 0 amide bonds. The van der Waals surface area contributed by atoms with Gasteiger partial charge in [-0.2, -0.15) is 0 Å². The predicted octanol–water partition coefficient (Wildman–Crippen LogP) is 4.67. The van der Waals surface area contributed by atoms with Gasteiger partial charge in [0.25, 0.3) is 0 Å². The topological polar surface area (TPSA) is 34.1 Å². The molecule has 1 heterocycles. The van der Waals surface area contributed by atoms with E-state index in [4.69, 9.17) is 4.74 Å². The second-order valence-electron chi connectivity index (χ2n) is 5.52. The molecule has 0 saturated heterocycles. The van der Waals surface area contributed by atoms with Gasteiger partial charge >= 0.3 is 0 Å². The summed E-state index contributed by atoms with van der Waals surface area (Å²) in [7, 11) is 0. The molecule has 2 aromatic rings. The Labute approximate surface area is 127 Å². The quantitative estimate of drug-likeness (QED) is 0.837. The van der Waals surface area contributed by atoms with E-state index in [0.29, 0.717) is 5.92 Å². The monoisotopic (exact) mass is 284 g/mol. The third-order valence-electron chi connectivity index (χ3n) is 3.50. The number of pyridine rings is 1. The van der Waals surface area contributed by atoms with Gasteiger partial charge in [0.2, 0.25) is 0 Å². The molecular weight excluding hydrogens is 260 g/mol. The van der Waals surface area contributed by atoms with Crippen molar-refractivity contribution >= 4 is 0 Å². The number of benzene rings is 1. The second-order valence-corrected chi connectivity index (χ2v) is 5.52. The summed E-state index contributed by atoms with van der Waals surface area (Å²) in [6.07, 6.45) is 1.78. The van der Waals surface area contributed by atoms with Crippen molar-refractivity contribution in [1.82, 2.24) is 10.3 Å². The fourth-order valence-electron chi connectivity index (χ4n) is 2.18. The molecule has 3 nitrogen and oxygen atoms in total. The Morgan fingerprint density at radius 2 is 1.67 bits per heavy atom. The van der Waals surface area contributed by atoms with Crippen LogP contribution in [0.25, 0.3) is 0 Å². The number of aromatic nitrogens is 1. The molecule has 1 N–H and O–H groups in total. The summed E-state index contributed by atoms with van der Waals surface area (Å²) in [6, 6.07) is 12.4. The zero-order valence-corrected chi connectivity index (χ0v) is 13.3. The Balaban J connectivity index is 2.02. The van der Waals surface area contributed by atoms with E-state index in [-0.39, 0.29) is 6.04 Å². The van der Waals surface area contributed by atoms with Gasteiger partial charge < -0.3 is 10.1 Å². The molecule has 1 aromatic carbocycles. The van der Waals surface area contributed by atoms with Crippen LogP contribution in [0.3, 0.4) is 0 Å². The van der Waals surface area contributed by atoms with E-state index in [1.807, 2.05) is 24.3 Å². The van der Waals surface area contributed by atoms with Gasteiger partial charge in [0.15, 0.2) is 0 Å². The van der Waals surface area contributed by atoms with Crippen molar-refractivity contribution in [1.29, 1.82) is 0 Å². The first-order valence-electron chi connectivity index (χ1n) is 7.57. The summed E-state index contributed by atoms with van der Waals surface area (Å²) in [4.78, 5) is 4.45. The van der Waals surface area contributed by atoms with Crippen molar-refractivity contribution < 1.29 is 4.74 Å². The predicted molar refractivity (Wildman–Crippen MR) is 86.9 cm³/mol. The maximum atomic E-state index is 5.82. The standard InChI is InChI=1S/C18H24N2O/c1-5-19-14(4)18-11-10-17(12-20-18)21-16-8-6-15(7-9-16)13(2)3/h6-14,19H,5H2,1-4H3. The minimum absolute atomic E-state index is 0.259. The first kappa shape index (κ1) is 15.5. The fraction of sp³-hybridized carbons (Fsp3) is 0.389. The molecule has 0 spiro atoms. The number of nitrogens with zero attached hydrogens (tertiary/aromatic N) is 1. The zero-order chi connectivity index (χ0) is 15.2. The van der Waals surface area contributed by atoms with Crippen LogP contribution in [0, 0.1) is 0 Å². The maximum Gasteiger partial charge on any atom is 0.145 e. The van der Waals surface area contributed by atoms with E-state index in [9.17, 15) is 0 Å². The van der Waals surface area contributed by atoms with E-state index in [2.05, 4.69) is 50.1 Å². The molecular formula is C18H24N2O. The van der Waals surface area contributed by atoms with Crippen LogP contribution in [-0.2, 0) is 0 Å². The molecule has 0 radical (unpaired) electrons. The van der Waals surface area contributed by atoms with Crippen LogP contribution in [0.4, 0.5) is 0 Å². The Kier molecular flexibility index (Phi) is 5.34. The maximum absolute atomic E-state index is 5.82. The largest absolute Gasteiger partial charge is 0.456 e. The van der Waals surface area contributed by atoms with Gasteiger partial charge in [-0.3, -0.25) is 4.98 Å². The van der Waals surface area contributed by atoms with Gasteiger partial charge in [-0.05, 0) is 49.2 Å². The summed E-state index contributed by atoms with van der Waals surface area (Å²) in [5.41, 5.74) is 2.34. The van der Waals surface area contributed by atoms with Crippen molar-refractivity contribution in [3.05, 3.63) is 53.9 Å². The van der Waals surface area contributed by atoms with Crippen LogP contribution in [0.2, 0.25) is 0 Å². The summed E-state index contributed by atoms with van der Waals surface area (Å²) < 4.78 is 5.82. The van der Waals surface area contributed by atoms with Crippen molar-refractivity contribution in [2.45, 2.75) is 39.7 Å². The molecule has 0 aliphatic heterocycles. The van der Waals surface area contributed by atoms with E-state index < -0.39 is 0 Å². The lowest BCUT2D eigenvalue weighted by Crippen LogP contribution is -2.18. The lowest BCUT2D eigenvalue weighted by atomic mass is 10.0. The number of rotatable bonds is 6. The Morgan fingerprint density at radius 1 is 1.00 bits per heavy atom. The van der Waals surface area contributed by atoms with E-state index in [1.165, 1.54) is 5.56 Å². The van der Waals surface area contributed by atoms with E-state index in [1.54, 1.807) is 6.20 Å². The molecule has 1 unspecified atom stereocenters. The highest BCUT2D eigenvalue weighted by molar-refractivity contribution is 5.33. The molecule has 0 aliphatic carbocycles.